The van der Waals surface area contributed by atoms with Crippen molar-refractivity contribution in [3.63, 3.8) is 0 Å². The van der Waals surface area contributed by atoms with Crippen LogP contribution in [-0.4, -0.2) is 86.0 Å². The van der Waals surface area contributed by atoms with Crippen molar-refractivity contribution in [2.45, 2.75) is 32.6 Å². The summed E-state index contributed by atoms with van der Waals surface area (Å²) in [5.41, 5.74) is 0.612. The third-order valence-electron chi connectivity index (χ3n) is 5.89. The molecule has 3 rings (SSSR count). The first-order valence-corrected chi connectivity index (χ1v) is 9.05. The first-order chi connectivity index (χ1) is 11.1. The minimum atomic E-state index is 0.196. The molecule has 0 aromatic carbocycles. The van der Waals surface area contributed by atoms with Gasteiger partial charge in [0.1, 0.15) is 0 Å². The van der Waals surface area contributed by atoms with Crippen LogP contribution < -0.4 is 5.32 Å². The van der Waals surface area contributed by atoms with Crippen molar-refractivity contribution in [3.05, 3.63) is 0 Å². The molecule has 1 saturated carbocycles. The third-order valence-corrected chi connectivity index (χ3v) is 5.89. The van der Waals surface area contributed by atoms with Gasteiger partial charge in [-0.15, -0.1) is 0 Å². The van der Waals surface area contributed by atoms with E-state index >= 15 is 0 Å². The van der Waals surface area contributed by atoms with E-state index in [0.29, 0.717) is 5.41 Å². The van der Waals surface area contributed by atoms with Crippen LogP contribution in [0.4, 0.5) is 0 Å². The molecule has 0 radical (unpaired) electrons. The predicted molar refractivity (Wildman–Crippen MR) is 92.5 cm³/mol. The zero-order valence-electron chi connectivity index (χ0n) is 14.7. The fourth-order valence-corrected chi connectivity index (χ4v) is 4.15. The smallest absolute Gasteiger partial charge is 0.219 e. The highest BCUT2D eigenvalue weighted by Gasteiger charge is 2.43. The van der Waals surface area contributed by atoms with E-state index in [1.54, 1.807) is 6.92 Å². The highest BCUT2D eigenvalue weighted by Crippen LogP contribution is 2.47. The Kier molecular flexibility index (Phi) is 5.09. The van der Waals surface area contributed by atoms with Gasteiger partial charge in [-0.2, -0.15) is 0 Å². The molecule has 1 amide bonds. The van der Waals surface area contributed by atoms with E-state index in [2.05, 4.69) is 20.1 Å². The molecule has 0 unspecified atom stereocenters. The van der Waals surface area contributed by atoms with Crippen molar-refractivity contribution in [1.82, 2.24) is 20.0 Å². The van der Waals surface area contributed by atoms with Gasteiger partial charge in [0, 0.05) is 66.3 Å². The minimum absolute atomic E-state index is 0.196. The molecular formula is C17H31N5O. The Morgan fingerprint density at radius 3 is 2.35 bits per heavy atom. The molecule has 3 aliphatic rings. The molecular weight excluding hydrogens is 290 g/mol. The second kappa shape index (κ2) is 7.07. The molecule has 1 aliphatic carbocycles. The lowest BCUT2D eigenvalue weighted by atomic mass is 9.68. The molecule has 1 N–H and O–H groups in total. The average molecular weight is 321 g/mol. The number of amides is 1. The van der Waals surface area contributed by atoms with E-state index in [-0.39, 0.29) is 5.91 Å². The number of guanidine groups is 1. The summed E-state index contributed by atoms with van der Waals surface area (Å²) in [7, 11) is 1.89. The van der Waals surface area contributed by atoms with Crippen LogP contribution in [0.2, 0.25) is 0 Å². The number of carbonyl (C=O) groups is 1. The van der Waals surface area contributed by atoms with E-state index in [1.165, 1.54) is 32.2 Å². The Morgan fingerprint density at radius 1 is 1.09 bits per heavy atom. The molecule has 2 heterocycles. The Hall–Kier alpha value is -1.30. The van der Waals surface area contributed by atoms with Crippen LogP contribution in [0.25, 0.3) is 0 Å². The molecule has 0 aromatic heterocycles. The maximum absolute atomic E-state index is 11.4. The molecule has 0 bridgehead atoms. The lowest BCUT2D eigenvalue weighted by Crippen LogP contribution is -2.50. The lowest BCUT2D eigenvalue weighted by Gasteiger charge is -2.38. The zero-order chi connectivity index (χ0) is 16.3. The first kappa shape index (κ1) is 16.6. The van der Waals surface area contributed by atoms with E-state index in [1.807, 2.05) is 11.9 Å². The van der Waals surface area contributed by atoms with Gasteiger partial charge in [0.05, 0.1) is 0 Å². The van der Waals surface area contributed by atoms with Crippen LogP contribution in [0.5, 0.6) is 0 Å². The molecule has 1 spiro atoms. The topological polar surface area (TPSA) is 51.2 Å². The SMILES string of the molecule is CN=C(NCCN1CCN(C(C)=O)CC1)N1CCC2(CCC2)C1. The lowest BCUT2D eigenvalue weighted by molar-refractivity contribution is -0.130. The van der Waals surface area contributed by atoms with Crippen LogP contribution in [-0.2, 0) is 4.79 Å². The van der Waals surface area contributed by atoms with Gasteiger partial charge in [0.2, 0.25) is 5.91 Å². The Morgan fingerprint density at radius 2 is 1.83 bits per heavy atom. The van der Waals surface area contributed by atoms with E-state index < -0.39 is 0 Å². The van der Waals surface area contributed by atoms with Gasteiger partial charge in [-0.3, -0.25) is 14.7 Å². The van der Waals surface area contributed by atoms with Crippen LogP contribution >= 0.6 is 0 Å². The van der Waals surface area contributed by atoms with Gasteiger partial charge >= 0.3 is 0 Å². The van der Waals surface area contributed by atoms with Gasteiger partial charge in [-0.25, -0.2) is 0 Å². The first-order valence-electron chi connectivity index (χ1n) is 9.05. The summed E-state index contributed by atoms with van der Waals surface area (Å²) in [6.45, 7) is 9.61. The molecule has 130 valence electrons. The molecule has 0 aromatic rings. The summed E-state index contributed by atoms with van der Waals surface area (Å²) in [4.78, 5) is 22.6. The fraction of sp³-hybridized carbons (Fsp3) is 0.882. The van der Waals surface area contributed by atoms with Gasteiger partial charge in [-0.1, -0.05) is 6.42 Å². The van der Waals surface area contributed by atoms with Crippen molar-refractivity contribution in [2.24, 2.45) is 10.4 Å². The van der Waals surface area contributed by atoms with Crippen molar-refractivity contribution < 1.29 is 4.79 Å². The summed E-state index contributed by atoms with van der Waals surface area (Å²) in [6, 6.07) is 0. The van der Waals surface area contributed by atoms with Crippen LogP contribution in [0.15, 0.2) is 4.99 Å². The van der Waals surface area contributed by atoms with Crippen LogP contribution in [0, 0.1) is 5.41 Å². The monoisotopic (exact) mass is 321 g/mol. The van der Waals surface area contributed by atoms with Gasteiger partial charge < -0.3 is 15.1 Å². The molecule has 6 heteroatoms. The fourth-order valence-electron chi connectivity index (χ4n) is 4.15. The normalized spacial score (nSPS) is 24.9. The molecule has 2 saturated heterocycles. The quantitative estimate of drug-likeness (QED) is 0.611. The molecule has 23 heavy (non-hydrogen) atoms. The highest BCUT2D eigenvalue weighted by atomic mass is 16.2. The Balaban J connectivity index is 1.37. The van der Waals surface area contributed by atoms with Crippen LogP contribution in [0.1, 0.15) is 32.6 Å². The second-order valence-electron chi connectivity index (χ2n) is 7.35. The number of rotatable bonds is 3. The average Bonchev–Trinajstić information content (AvgIpc) is 2.98. The number of hydrogen-bond acceptors (Lipinski definition) is 3. The standard InChI is InChI=1S/C17H31N5O/c1-15(23)21-12-10-20(11-13-21)9-7-19-16(18-2)22-8-6-17(14-22)4-3-5-17/h3-14H2,1-2H3,(H,18,19). The summed E-state index contributed by atoms with van der Waals surface area (Å²) in [6.07, 6.45) is 5.55. The number of nitrogens with one attached hydrogen (secondary N) is 1. The minimum Gasteiger partial charge on any atom is -0.355 e. The van der Waals surface area contributed by atoms with E-state index in [4.69, 9.17) is 0 Å². The molecule has 2 aliphatic heterocycles. The maximum Gasteiger partial charge on any atom is 0.219 e. The van der Waals surface area contributed by atoms with Gasteiger partial charge in [0.15, 0.2) is 5.96 Å². The number of hydrogen-bond donors (Lipinski definition) is 1. The van der Waals surface area contributed by atoms with E-state index in [9.17, 15) is 4.79 Å². The highest BCUT2D eigenvalue weighted by molar-refractivity contribution is 5.80. The second-order valence-corrected chi connectivity index (χ2v) is 7.35. The molecule has 3 fully saturated rings. The maximum atomic E-state index is 11.4. The number of aliphatic imine (C=N–C) groups is 1. The number of piperazine rings is 1. The largest absolute Gasteiger partial charge is 0.355 e. The summed E-state index contributed by atoms with van der Waals surface area (Å²) >= 11 is 0. The predicted octanol–water partition coefficient (Wildman–Crippen LogP) is 0.602. The Bertz CT molecular complexity index is 452. The Labute approximate surface area is 139 Å². The van der Waals surface area contributed by atoms with Crippen molar-refractivity contribution in [1.29, 1.82) is 0 Å². The number of nitrogens with zero attached hydrogens (tertiary/aromatic N) is 4. The van der Waals surface area contributed by atoms with Crippen molar-refractivity contribution in [3.8, 4) is 0 Å². The molecule has 6 nitrogen and oxygen atoms in total. The molecule has 0 atom stereocenters. The zero-order valence-corrected chi connectivity index (χ0v) is 14.7. The van der Waals surface area contributed by atoms with Crippen molar-refractivity contribution in [2.75, 3.05) is 59.4 Å². The van der Waals surface area contributed by atoms with Gasteiger partial charge in [0.25, 0.3) is 0 Å². The third kappa shape index (κ3) is 3.79. The number of likely N-dealkylation sites (tertiary alicyclic amines) is 1. The summed E-state index contributed by atoms with van der Waals surface area (Å²) in [5.74, 6) is 1.26. The summed E-state index contributed by atoms with van der Waals surface area (Å²) < 4.78 is 0. The van der Waals surface area contributed by atoms with Crippen molar-refractivity contribution >= 4 is 11.9 Å². The van der Waals surface area contributed by atoms with Crippen LogP contribution in [0.3, 0.4) is 0 Å². The van der Waals surface area contributed by atoms with E-state index in [0.717, 1.165) is 51.8 Å². The summed E-state index contributed by atoms with van der Waals surface area (Å²) in [5, 5.41) is 3.53. The van der Waals surface area contributed by atoms with Gasteiger partial charge in [-0.05, 0) is 24.7 Å². The number of carbonyl (C=O) groups excluding carboxylic acids is 1.